The second-order valence-corrected chi connectivity index (χ2v) is 7.06. The molecule has 0 fully saturated rings. The number of ether oxygens (including phenoxy) is 1. The third-order valence-electron chi connectivity index (χ3n) is 5.47. The second kappa shape index (κ2) is 7.57. The summed E-state index contributed by atoms with van der Waals surface area (Å²) < 4.78 is 41.5. The highest BCUT2D eigenvalue weighted by molar-refractivity contribution is 5.78. The van der Waals surface area contributed by atoms with Gasteiger partial charge in [0.05, 0.1) is 29.5 Å². The third-order valence-corrected chi connectivity index (χ3v) is 5.47. The van der Waals surface area contributed by atoms with Crippen molar-refractivity contribution in [1.82, 2.24) is 0 Å². The van der Waals surface area contributed by atoms with Gasteiger partial charge in [0.15, 0.2) is 5.41 Å². The first kappa shape index (κ1) is 21.0. The molecule has 152 valence electrons. The van der Waals surface area contributed by atoms with Gasteiger partial charge in [0.1, 0.15) is 5.75 Å². The van der Waals surface area contributed by atoms with Gasteiger partial charge in [-0.05, 0) is 48.4 Å². The number of halogens is 3. The van der Waals surface area contributed by atoms with E-state index >= 15 is 0 Å². The van der Waals surface area contributed by atoms with Gasteiger partial charge in [0, 0.05) is 5.92 Å². The quantitative estimate of drug-likeness (QED) is 0.583. The zero-order valence-corrected chi connectivity index (χ0v) is 15.5. The van der Waals surface area contributed by atoms with E-state index in [0.717, 1.165) is 12.8 Å². The minimum Gasteiger partial charge on any atom is -0.420 e. The van der Waals surface area contributed by atoms with Crippen LogP contribution in [0.4, 0.5) is 13.2 Å². The Morgan fingerprint density at radius 3 is 2.33 bits per heavy atom. The van der Waals surface area contributed by atoms with E-state index in [-0.39, 0.29) is 22.9 Å². The van der Waals surface area contributed by atoms with Crippen LogP contribution in [-0.4, -0.2) is 12.1 Å². The largest absolute Gasteiger partial charge is 0.491 e. The molecule has 2 aliphatic rings. The topological polar surface area (TPSA) is 124 Å². The van der Waals surface area contributed by atoms with E-state index in [0.29, 0.717) is 17.6 Å². The molecular formula is C21H15F3N4O2. The molecule has 9 heteroatoms. The number of nitriles is 3. The van der Waals surface area contributed by atoms with Crippen LogP contribution in [-0.2, 0) is 4.79 Å². The number of fused-ring (bicyclic) bond motifs is 1. The lowest BCUT2D eigenvalue weighted by molar-refractivity contribution is -0.189. The van der Waals surface area contributed by atoms with Gasteiger partial charge < -0.3 is 10.5 Å². The van der Waals surface area contributed by atoms with Crippen molar-refractivity contribution in [2.24, 2.45) is 17.1 Å². The molecule has 0 heterocycles. The van der Waals surface area contributed by atoms with Crippen molar-refractivity contribution in [3.63, 3.8) is 0 Å². The second-order valence-electron chi connectivity index (χ2n) is 7.06. The van der Waals surface area contributed by atoms with Crippen molar-refractivity contribution in [3.05, 3.63) is 52.7 Å². The predicted octanol–water partition coefficient (Wildman–Crippen LogP) is 3.75. The first-order valence-corrected chi connectivity index (χ1v) is 9.01. The van der Waals surface area contributed by atoms with Gasteiger partial charge in [-0.15, -0.1) is 0 Å². The summed E-state index contributed by atoms with van der Waals surface area (Å²) in [5, 5.41) is 29.5. The van der Waals surface area contributed by atoms with Crippen LogP contribution in [0.1, 0.15) is 30.7 Å². The molecule has 2 atom stereocenters. The molecule has 0 bridgehead atoms. The van der Waals surface area contributed by atoms with E-state index in [1.165, 1.54) is 24.3 Å². The summed E-state index contributed by atoms with van der Waals surface area (Å²) in [6, 6.07) is 11.0. The van der Waals surface area contributed by atoms with Crippen LogP contribution in [0.3, 0.4) is 0 Å². The van der Waals surface area contributed by atoms with Crippen molar-refractivity contribution in [1.29, 1.82) is 15.8 Å². The lowest BCUT2D eigenvalue weighted by Gasteiger charge is -2.43. The number of alkyl halides is 3. The summed E-state index contributed by atoms with van der Waals surface area (Å²) in [5.41, 5.74) is 5.48. The fourth-order valence-electron chi connectivity index (χ4n) is 4.19. The van der Waals surface area contributed by atoms with Crippen molar-refractivity contribution in [2.45, 2.75) is 31.4 Å². The van der Waals surface area contributed by atoms with Gasteiger partial charge in [-0.25, -0.2) is 4.79 Å². The van der Waals surface area contributed by atoms with Crippen LogP contribution in [0.5, 0.6) is 5.75 Å². The highest BCUT2D eigenvalue weighted by Gasteiger charge is 2.54. The molecule has 0 spiro atoms. The Bertz CT molecular complexity index is 1050. The van der Waals surface area contributed by atoms with E-state index in [4.69, 9.17) is 5.73 Å². The molecule has 0 radical (unpaired) electrons. The van der Waals surface area contributed by atoms with Gasteiger partial charge in [-0.3, -0.25) is 0 Å². The Kier molecular flexibility index (Phi) is 5.29. The summed E-state index contributed by atoms with van der Waals surface area (Å²) >= 11 is 0. The molecule has 6 nitrogen and oxygen atoms in total. The molecule has 0 aliphatic heterocycles. The molecule has 0 unspecified atom stereocenters. The summed E-state index contributed by atoms with van der Waals surface area (Å²) in [5.74, 6) is -3.74. The summed E-state index contributed by atoms with van der Waals surface area (Å²) in [7, 11) is 0. The lowest BCUT2D eigenvalue weighted by Crippen LogP contribution is -2.41. The van der Waals surface area contributed by atoms with E-state index in [2.05, 4.69) is 4.74 Å². The van der Waals surface area contributed by atoms with Crippen LogP contribution in [0.15, 0.2) is 47.2 Å². The maximum Gasteiger partial charge on any atom is 0.491 e. The van der Waals surface area contributed by atoms with Gasteiger partial charge in [0.25, 0.3) is 0 Å². The van der Waals surface area contributed by atoms with Crippen LogP contribution >= 0.6 is 0 Å². The van der Waals surface area contributed by atoms with E-state index in [1.54, 1.807) is 0 Å². The molecule has 0 amide bonds. The first-order valence-electron chi connectivity index (χ1n) is 9.01. The Hall–Kier alpha value is -3.77. The summed E-state index contributed by atoms with van der Waals surface area (Å²) in [4.78, 5) is 11.0. The van der Waals surface area contributed by atoms with Gasteiger partial charge in [0.2, 0.25) is 0 Å². The van der Waals surface area contributed by atoms with Gasteiger partial charge >= 0.3 is 12.1 Å². The zero-order chi connectivity index (χ0) is 22.1. The normalized spacial score (nSPS) is 22.6. The summed E-state index contributed by atoms with van der Waals surface area (Å²) in [6.07, 6.45) is -1.06. The van der Waals surface area contributed by atoms with Crippen molar-refractivity contribution >= 4 is 5.97 Å². The first-order chi connectivity index (χ1) is 14.2. The molecule has 2 aliphatic carbocycles. The Labute approximate surface area is 170 Å². The molecule has 0 aromatic heterocycles. The standard InChI is InChI=1S/C21H15F3N4O2/c22-21(23,24)19(29)30-13-7-5-12(6-8-13)17-14-3-1-2-4-15(14)18(28)16(9-25)20(17,10-26)11-27/h4-8,14,17H,1-3,28H2/t14-,17-/m0/s1. The van der Waals surface area contributed by atoms with Crippen LogP contribution in [0.25, 0.3) is 0 Å². The zero-order valence-electron chi connectivity index (χ0n) is 15.5. The molecule has 0 saturated carbocycles. The maximum absolute atomic E-state index is 12.4. The molecule has 0 saturated heterocycles. The highest BCUT2D eigenvalue weighted by atomic mass is 19.4. The van der Waals surface area contributed by atoms with Crippen molar-refractivity contribution in [3.8, 4) is 24.0 Å². The van der Waals surface area contributed by atoms with E-state index in [1.807, 2.05) is 24.3 Å². The SMILES string of the molecule is N#CC1=C(N)C2=CCCC[C@@H]2[C@H](c2ccc(OC(=O)C(F)(F)F)cc2)C1(C#N)C#N. The number of esters is 1. The van der Waals surface area contributed by atoms with Crippen LogP contribution in [0.2, 0.25) is 0 Å². The Morgan fingerprint density at radius 2 is 1.80 bits per heavy atom. The molecule has 1 aromatic carbocycles. The predicted molar refractivity (Wildman–Crippen MR) is 96.8 cm³/mol. The number of hydrogen-bond acceptors (Lipinski definition) is 6. The molecule has 2 N–H and O–H groups in total. The number of carbonyl (C=O) groups excluding carboxylic acids is 1. The average Bonchev–Trinajstić information content (AvgIpc) is 2.73. The number of carbonyl (C=O) groups is 1. The van der Waals surface area contributed by atoms with Crippen molar-refractivity contribution < 1.29 is 22.7 Å². The average molecular weight is 412 g/mol. The number of nitrogens with two attached hydrogens (primary N) is 1. The van der Waals surface area contributed by atoms with E-state index in [9.17, 15) is 33.8 Å². The van der Waals surface area contributed by atoms with E-state index < -0.39 is 23.5 Å². The molecule has 3 rings (SSSR count). The van der Waals surface area contributed by atoms with Gasteiger partial charge in [-0.2, -0.15) is 29.0 Å². The number of benzene rings is 1. The van der Waals surface area contributed by atoms with Gasteiger partial charge in [-0.1, -0.05) is 18.2 Å². The minimum atomic E-state index is -5.13. The Balaban J connectivity index is 2.09. The number of allylic oxidation sites excluding steroid dienone is 3. The third kappa shape index (κ3) is 3.27. The fourth-order valence-corrected chi connectivity index (χ4v) is 4.19. The fraction of sp³-hybridized carbons (Fsp3) is 0.333. The number of nitrogens with zero attached hydrogens (tertiary/aromatic N) is 3. The molecule has 1 aromatic rings. The summed E-state index contributed by atoms with van der Waals surface area (Å²) in [6.45, 7) is 0. The van der Waals surface area contributed by atoms with Crippen LogP contribution < -0.4 is 10.5 Å². The highest BCUT2D eigenvalue weighted by Crippen LogP contribution is 2.56. The smallest absolute Gasteiger partial charge is 0.420 e. The molecule has 30 heavy (non-hydrogen) atoms. The number of hydrogen-bond donors (Lipinski definition) is 1. The Morgan fingerprint density at radius 1 is 1.17 bits per heavy atom. The lowest BCUT2D eigenvalue weighted by atomic mass is 9.56. The van der Waals surface area contributed by atoms with Crippen molar-refractivity contribution in [2.75, 3.05) is 0 Å². The number of rotatable bonds is 2. The van der Waals surface area contributed by atoms with Crippen LogP contribution in [0, 0.1) is 45.3 Å². The monoisotopic (exact) mass is 412 g/mol. The maximum atomic E-state index is 12.4. The minimum absolute atomic E-state index is 0.130. The molecular weight excluding hydrogens is 397 g/mol.